The Kier molecular flexibility index (Phi) is 3.87. The summed E-state index contributed by atoms with van der Waals surface area (Å²) in [6, 6.07) is 4.74. The summed E-state index contributed by atoms with van der Waals surface area (Å²) in [6.45, 7) is 4.99. The van der Waals surface area contributed by atoms with Gasteiger partial charge in [-0.3, -0.25) is 9.69 Å². The maximum Gasteiger partial charge on any atom is 0.270 e. The van der Waals surface area contributed by atoms with Crippen LogP contribution in [0.4, 0.5) is 5.69 Å². The SMILES string of the molecule is CCNc1ccc(C(=O)NC2CCN(C3CC3)C2)nc1. The second kappa shape index (κ2) is 5.79. The molecule has 1 aliphatic carbocycles. The number of aromatic nitrogens is 1. The maximum atomic E-state index is 12.1. The molecule has 5 nitrogen and oxygen atoms in total. The van der Waals surface area contributed by atoms with Gasteiger partial charge in [-0.2, -0.15) is 0 Å². The maximum absolute atomic E-state index is 12.1. The molecule has 1 atom stereocenters. The molecule has 5 heteroatoms. The number of likely N-dealkylation sites (tertiary alicyclic amines) is 1. The largest absolute Gasteiger partial charge is 0.384 e. The highest BCUT2D eigenvalue weighted by molar-refractivity contribution is 5.92. The summed E-state index contributed by atoms with van der Waals surface area (Å²) in [7, 11) is 0. The summed E-state index contributed by atoms with van der Waals surface area (Å²) in [5.41, 5.74) is 1.45. The predicted molar refractivity (Wildman–Crippen MR) is 78.9 cm³/mol. The van der Waals surface area contributed by atoms with Crippen LogP contribution in [0.25, 0.3) is 0 Å². The Labute approximate surface area is 119 Å². The van der Waals surface area contributed by atoms with Crippen molar-refractivity contribution in [1.29, 1.82) is 0 Å². The Hall–Kier alpha value is -1.62. The van der Waals surface area contributed by atoms with Gasteiger partial charge in [0.05, 0.1) is 11.9 Å². The molecule has 0 aromatic carbocycles. The molecule has 108 valence electrons. The van der Waals surface area contributed by atoms with Crippen LogP contribution in [0.2, 0.25) is 0 Å². The van der Waals surface area contributed by atoms with E-state index in [1.165, 1.54) is 12.8 Å². The summed E-state index contributed by atoms with van der Waals surface area (Å²) in [4.78, 5) is 18.9. The van der Waals surface area contributed by atoms with Crippen LogP contribution in [-0.4, -0.2) is 47.5 Å². The number of nitrogens with zero attached hydrogens (tertiary/aromatic N) is 2. The normalized spacial score (nSPS) is 22.8. The molecule has 0 spiro atoms. The molecule has 1 aromatic heterocycles. The highest BCUT2D eigenvalue weighted by atomic mass is 16.1. The van der Waals surface area contributed by atoms with Gasteiger partial charge in [0.25, 0.3) is 5.91 Å². The van der Waals surface area contributed by atoms with Crippen molar-refractivity contribution in [2.75, 3.05) is 25.0 Å². The highest BCUT2D eigenvalue weighted by Crippen LogP contribution is 2.29. The Bertz CT molecular complexity index is 469. The molecule has 1 saturated carbocycles. The van der Waals surface area contributed by atoms with Gasteiger partial charge in [0.15, 0.2) is 0 Å². The fraction of sp³-hybridized carbons (Fsp3) is 0.600. The molecule has 20 heavy (non-hydrogen) atoms. The van der Waals surface area contributed by atoms with E-state index >= 15 is 0 Å². The Morgan fingerprint density at radius 1 is 1.40 bits per heavy atom. The van der Waals surface area contributed by atoms with Crippen LogP contribution < -0.4 is 10.6 Å². The van der Waals surface area contributed by atoms with Crippen molar-refractivity contribution in [2.24, 2.45) is 0 Å². The van der Waals surface area contributed by atoms with E-state index in [-0.39, 0.29) is 11.9 Å². The third kappa shape index (κ3) is 3.10. The van der Waals surface area contributed by atoms with Gasteiger partial charge in [-0.05, 0) is 38.3 Å². The van der Waals surface area contributed by atoms with E-state index < -0.39 is 0 Å². The number of carbonyl (C=O) groups is 1. The van der Waals surface area contributed by atoms with Crippen molar-refractivity contribution in [3.8, 4) is 0 Å². The number of amides is 1. The molecular weight excluding hydrogens is 252 g/mol. The average Bonchev–Trinajstić information content (AvgIpc) is 3.21. The van der Waals surface area contributed by atoms with Crippen LogP contribution in [0, 0.1) is 0 Å². The Morgan fingerprint density at radius 3 is 2.90 bits per heavy atom. The smallest absolute Gasteiger partial charge is 0.270 e. The van der Waals surface area contributed by atoms with Crippen molar-refractivity contribution in [2.45, 2.75) is 38.3 Å². The average molecular weight is 274 g/mol. The molecule has 2 heterocycles. The molecule has 1 amide bonds. The van der Waals surface area contributed by atoms with Gasteiger partial charge in [-0.1, -0.05) is 0 Å². The first kappa shape index (κ1) is 13.4. The molecule has 0 radical (unpaired) electrons. The van der Waals surface area contributed by atoms with Crippen LogP contribution in [0.5, 0.6) is 0 Å². The van der Waals surface area contributed by atoms with E-state index in [2.05, 4.69) is 20.5 Å². The molecule has 1 aromatic rings. The highest BCUT2D eigenvalue weighted by Gasteiger charge is 2.34. The molecule has 0 bridgehead atoms. The molecule has 1 saturated heterocycles. The molecule has 2 fully saturated rings. The van der Waals surface area contributed by atoms with Gasteiger partial charge in [0.2, 0.25) is 0 Å². The molecule has 1 unspecified atom stereocenters. The zero-order valence-electron chi connectivity index (χ0n) is 11.9. The van der Waals surface area contributed by atoms with E-state index in [9.17, 15) is 4.79 Å². The standard InChI is InChI=1S/C15H22N4O/c1-2-16-11-3-6-14(17-9-11)15(20)18-12-7-8-19(10-12)13-4-5-13/h3,6,9,12-13,16H,2,4-5,7-8,10H2,1H3,(H,18,20). The van der Waals surface area contributed by atoms with Crippen molar-refractivity contribution >= 4 is 11.6 Å². The van der Waals surface area contributed by atoms with E-state index in [1.807, 2.05) is 13.0 Å². The number of hydrogen-bond acceptors (Lipinski definition) is 4. The van der Waals surface area contributed by atoms with Gasteiger partial charge in [-0.25, -0.2) is 4.98 Å². The van der Waals surface area contributed by atoms with Crippen LogP contribution in [0.1, 0.15) is 36.7 Å². The lowest BCUT2D eigenvalue weighted by molar-refractivity contribution is 0.0932. The van der Waals surface area contributed by atoms with Gasteiger partial charge in [-0.15, -0.1) is 0 Å². The summed E-state index contributed by atoms with van der Waals surface area (Å²) in [5.74, 6) is -0.0595. The summed E-state index contributed by atoms with van der Waals surface area (Å²) in [6.07, 6.45) is 5.42. The number of rotatable bonds is 5. The summed E-state index contributed by atoms with van der Waals surface area (Å²) < 4.78 is 0. The fourth-order valence-electron chi connectivity index (χ4n) is 2.77. The van der Waals surface area contributed by atoms with Gasteiger partial charge in [0.1, 0.15) is 5.69 Å². The molecule has 1 aliphatic heterocycles. The quantitative estimate of drug-likeness (QED) is 0.854. The second-order valence-corrected chi connectivity index (χ2v) is 5.65. The molecule has 2 N–H and O–H groups in total. The summed E-state index contributed by atoms with van der Waals surface area (Å²) >= 11 is 0. The second-order valence-electron chi connectivity index (χ2n) is 5.65. The van der Waals surface area contributed by atoms with E-state index in [1.54, 1.807) is 12.3 Å². The lowest BCUT2D eigenvalue weighted by Gasteiger charge is -2.15. The zero-order valence-corrected chi connectivity index (χ0v) is 11.9. The van der Waals surface area contributed by atoms with E-state index in [0.717, 1.165) is 37.8 Å². The van der Waals surface area contributed by atoms with Crippen molar-refractivity contribution in [3.63, 3.8) is 0 Å². The number of hydrogen-bond donors (Lipinski definition) is 2. The number of pyridine rings is 1. The first-order chi connectivity index (χ1) is 9.76. The third-order valence-electron chi connectivity index (χ3n) is 4.00. The third-order valence-corrected chi connectivity index (χ3v) is 4.00. The van der Waals surface area contributed by atoms with E-state index in [0.29, 0.717) is 5.69 Å². The lowest BCUT2D eigenvalue weighted by atomic mass is 10.2. The van der Waals surface area contributed by atoms with Crippen molar-refractivity contribution in [1.82, 2.24) is 15.2 Å². The van der Waals surface area contributed by atoms with E-state index in [4.69, 9.17) is 0 Å². The van der Waals surface area contributed by atoms with Crippen molar-refractivity contribution in [3.05, 3.63) is 24.0 Å². The van der Waals surface area contributed by atoms with Gasteiger partial charge in [0, 0.05) is 31.7 Å². The van der Waals surface area contributed by atoms with Gasteiger partial charge >= 0.3 is 0 Å². The van der Waals surface area contributed by atoms with Crippen LogP contribution in [-0.2, 0) is 0 Å². The molecular formula is C15H22N4O. The molecule has 3 rings (SSSR count). The van der Waals surface area contributed by atoms with Crippen LogP contribution >= 0.6 is 0 Å². The minimum atomic E-state index is -0.0595. The number of carbonyl (C=O) groups excluding carboxylic acids is 1. The number of anilines is 1. The Balaban J connectivity index is 1.53. The minimum Gasteiger partial charge on any atom is -0.384 e. The van der Waals surface area contributed by atoms with Crippen LogP contribution in [0.3, 0.4) is 0 Å². The Morgan fingerprint density at radius 2 is 2.25 bits per heavy atom. The van der Waals surface area contributed by atoms with Crippen LogP contribution in [0.15, 0.2) is 18.3 Å². The number of nitrogens with one attached hydrogen (secondary N) is 2. The first-order valence-corrected chi connectivity index (χ1v) is 7.51. The van der Waals surface area contributed by atoms with Gasteiger partial charge < -0.3 is 10.6 Å². The monoisotopic (exact) mass is 274 g/mol. The topological polar surface area (TPSA) is 57.3 Å². The minimum absolute atomic E-state index is 0.0595. The first-order valence-electron chi connectivity index (χ1n) is 7.51. The summed E-state index contributed by atoms with van der Waals surface area (Å²) in [5, 5.41) is 6.27. The van der Waals surface area contributed by atoms with Crippen molar-refractivity contribution < 1.29 is 4.79 Å². The predicted octanol–water partition coefficient (Wildman–Crippen LogP) is 1.48. The zero-order chi connectivity index (χ0) is 13.9. The molecule has 2 aliphatic rings. The fourth-order valence-corrected chi connectivity index (χ4v) is 2.77. The lowest BCUT2D eigenvalue weighted by Crippen LogP contribution is -2.37.